The highest BCUT2D eigenvalue weighted by atomic mass is 35.5. The Hall–Kier alpha value is -2.11. The van der Waals surface area contributed by atoms with Crippen molar-refractivity contribution in [3.63, 3.8) is 0 Å². The maximum Gasteiger partial charge on any atom is 0.160 e. The van der Waals surface area contributed by atoms with Crippen molar-refractivity contribution in [1.29, 1.82) is 0 Å². The second kappa shape index (κ2) is 9.80. The van der Waals surface area contributed by atoms with Crippen LogP contribution in [-0.4, -0.2) is 38.0 Å². The number of hydrogen-bond donors (Lipinski definition) is 2. The van der Waals surface area contributed by atoms with E-state index in [1.54, 1.807) is 14.2 Å². The van der Waals surface area contributed by atoms with Gasteiger partial charge in [-0.1, -0.05) is 6.07 Å². The number of rotatable bonds is 7. The highest BCUT2D eigenvalue weighted by Crippen LogP contribution is 2.43. The van der Waals surface area contributed by atoms with Crippen LogP contribution in [0.2, 0.25) is 0 Å². The van der Waals surface area contributed by atoms with Gasteiger partial charge in [-0.3, -0.25) is 0 Å². The molecule has 0 radical (unpaired) electrons. The molecule has 30 heavy (non-hydrogen) atoms. The summed E-state index contributed by atoms with van der Waals surface area (Å²) < 4.78 is 17.2. The van der Waals surface area contributed by atoms with E-state index in [1.165, 1.54) is 5.56 Å². The van der Waals surface area contributed by atoms with Gasteiger partial charge >= 0.3 is 0 Å². The molecular formula is C24H34ClNO4. The molecule has 0 saturated carbocycles. The Kier molecular flexibility index (Phi) is 7.89. The third kappa shape index (κ3) is 4.79. The quantitative estimate of drug-likeness (QED) is 0.619. The summed E-state index contributed by atoms with van der Waals surface area (Å²) >= 11 is 0. The zero-order chi connectivity index (χ0) is 21.2. The van der Waals surface area contributed by atoms with Crippen LogP contribution in [0.15, 0.2) is 18.2 Å². The van der Waals surface area contributed by atoms with Crippen molar-refractivity contribution < 1.29 is 19.3 Å². The van der Waals surface area contributed by atoms with Gasteiger partial charge in [0.15, 0.2) is 11.5 Å². The first-order chi connectivity index (χ1) is 13.8. The average Bonchev–Trinajstić information content (AvgIpc) is 2.73. The fourth-order valence-electron chi connectivity index (χ4n) is 4.04. The van der Waals surface area contributed by atoms with E-state index in [4.69, 9.17) is 14.2 Å². The van der Waals surface area contributed by atoms with E-state index in [1.807, 2.05) is 32.9 Å². The number of methoxy groups -OCH3 is 2. The number of fused-ring (bicyclic) bond motifs is 1. The topological polar surface area (TPSA) is 60.0 Å². The minimum absolute atomic E-state index is 0. The van der Waals surface area contributed by atoms with Crippen molar-refractivity contribution in [2.75, 3.05) is 27.3 Å². The lowest BCUT2D eigenvalue weighted by Gasteiger charge is -2.38. The van der Waals surface area contributed by atoms with Gasteiger partial charge in [0, 0.05) is 12.1 Å². The molecule has 2 aromatic carbocycles. The van der Waals surface area contributed by atoms with Crippen LogP contribution in [0.3, 0.4) is 0 Å². The van der Waals surface area contributed by atoms with E-state index in [2.05, 4.69) is 18.3 Å². The SMILES string of the molecule is COc1ccc(CCNCC2(C)CCc3c(C)c(O)c(C)c(C)c3O2)cc1OC.Cl. The molecule has 1 heterocycles. The van der Waals surface area contributed by atoms with Crippen LogP contribution in [-0.2, 0) is 12.8 Å². The van der Waals surface area contributed by atoms with Crippen LogP contribution in [0.1, 0.15) is 41.2 Å². The molecule has 3 rings (SSSR count). The molecule has 5 nitrogen and oxygen atoms in total. The first-order valence-electron chi connectivity index (χ1n) is 10.2. The number of aromatic hydroxyl groups is 1. The second-order valence-corrected chi connectivity index (χ2v) is 8.20. The summed E-state index contributed by atoms with van der Waals surface area (Å²) in [5.41, 5.74) is 4.99. The fraction of sp³-hybridized carbons (Fsp3) is 0.500. The molecular weight excluding hydrogens is 402 g/mol. The number of ether oxygens (including phenoxy) is 3. The summed E-state index contributed by atoms with van der Waals surface area (Å²) in [5.74, 6) is 2.86. The lowest BCUT2D eigenvalue weighted by molar-refractivity contribution is 0.0636. The van der Waals surface area contributed by atoms with Gasteiger partial charge in [0.25, 0.3) is 0 Å². The summed E-state index contributed by atoms with van der Waals surface area (Å²) in [6.07, 6.45) is 2.74. The zero-order valence-corrected chi connectivity index (χ0v) is 19.7. The molecule has 0 amide bonds. The van der Waals surface area contributed by atoms with Crippen LogP contribution in [0.4, 0.5) is 0 Å². The molecule has 1 atom stereocenters. The largest absolute Gasteiger partial charge is 0.507 e. The minimum atomic E-state index is -0.259. The van der Waals surface area contributed by atoms with Crippen LogP contribution < -0.4 is 19.5 Å². The zero-order valence-electron chi connectivity index (χ0n) is 18.8. The van der Waals surface area contributed by atoms with E-state index in [-0.39, 0.29) is 18.0 Å². The van der Waals surface area contributed by atoms with E-state index >= 15 is 0 Å². The Bertz CT molecular complexity index is 900. The van der Waals surface area contributed by atoms with Gasteiger partial charge in [0.05, 0.1) is 14.2 Å². The second-order valence-electron chi connectivity index (χ2n) is 8.20. The van der Waals surface area contributed by atoms with E-state index in [0.29, 0.717) is 5.75 Å². The van der Waals surface area contributed by atoms with Gasteiger partial charge in [0.2, 0.25) is 0 Å². The van der Waals surface area contributed by atoms with Gasteiger partial charge in [-0.25, -0.2) is 0 Å². The maximum absolute atomic E-state index is 10.3. The maximum atomic E-state index is 10.3. The van der Waals surface area contributed by atoms with Gasteiger partial charge < -0.3 is 24.6 Å². The Morgan fingerprint density at radius 3 is 2.43 bits per heavy atom. The summed E-state index contributed by atoms with van der Waals surface area (Å²) in [6.45, 7) is 9.76. The minimum Gasteiger partial charge on any atom is -0.507 e. The first-order valence-corrected chi connectivity index (χ1v) is 10.2. The van der Waals surface area contributed by atoms with Crippen LogP contribution in [0, 0.1) is 20.8 Å². The molecule has 6 heteroatoms. The molecule has 2 aromatic rings. The number of benzene rings is 2. The number of halogens is 1. The Morgan fingerprint density at radius 1 is 1.07 bits per heavy atom. The molecule has 166 valence electrons. The van der Waals surface area contributed by atoms with Crippen molar-refractivity contribution in [3.8, 4) is 23.0 Å². The number of phenolic OH excluding ortho intramolecular Hbond substituents is 1. The third-order valence-electron chi connectivity index (χ3n) is 6.13. The molecule has 0 saturated heterocycles. The Labute approximate surface area is 186 Å². The number of hydrogen-bond acceptors (Lipinski definition) is 5. The molecule has 1 aliphatic rings. The summed E-state index contributed by atoms with van der Waals surface area (Å²) in [6, 6.07) is 6.04. The van der Waals surface area contributed by atoms with Crippen molar-refractivity contribution in [2.24, 2.45) is 0 Å². The monoisotopic (exact) mass is 435 g/mol. The van der Waals surface area contributed by atoms with Crippen molar-refractivity contribution in [2.45, 2.75) is 52.6 Å². The first kappa shape index (κ1) is 24.2. The predicted molar refractivity (Wildman–Crippen MR) is 123 cm³/mol. The molecule has 0 fully saturated rings. The smallest absolute Gasteiger partial charge is 0.160 e. The van der Waals surface area contributed by atoms with Gasteiger partial charge in [-0.05, 0) is 87.9 Å². The van der Waals surface area contributed by atoms with Crippen molar-refractivity contribution >= 4 is 12.4 Å². The lowest BCUT2D eigenvalue weighted by atomic mass is 9.87. The molecule has 1 unspecified atom stereocenters. The van der Waals surface area contributed by atoms with Crippen molar-refractivity contribution in [3.05, 3.63) is 46.0 Å². The van der Waals surface area contributed by atoms with Gasteiger partial charge in [-0.15, -0.1) is 12.4 Å². The summed E-state index contributed by atoms with van der Waals surface area (Å²) in [5, 5.41) is 13.9. The number of nitrogens with one attached hydrogen (secondary N) is 1. The van der Waals surface area contributed by atoms with Crippen LogP contribution in [0.5, 0.6) is 23.0 Å². The Morgan fingerprint density at radius 2 is 1.77 bits per heavy atom. The Balaban J connectivity index is 0.00000320. The van der Waals surface area contributed by atoms with Crippen molar-refractivity contribution in [1.82, 2.24) is 5.32 Å². The summed E-state index contributed by atoms with van der Waals surface area (Å²) in [4.78, 5) is 0. The average molecular weight is 436 g/mol. The third-order valence-corrected chi connectivity index (χ3v) is 6.13. The number of phenols is 1. The molecule has 0 aromatic heterocycles. The predicted octanol–water partition coefficient (Wildman–Crippen LogP) is 4.67. The highest BCUT2D eigenvalue weighted by Gasteiger charge is 2.34. The van der Waals surface area contributed by atoms with Crippen LogP contribution in [0.25, 0.3) is 0 Å². The fourth-order valence-corrected chi connectivity index (χ4v) is 4.04. The molecule has 0 bridgehead atoms. The molecule has 0 aliphatic carbocycles. The van der Waals surface area contributed by atoms with E-state index in [0.717, 1.165) is 71.9 Å². The molecule has 2 N–H and O–H groups in total. The van der Waals surface area contributed by atoms with E-state index in [9.17, 15) is 5.11 Å². The van der Waals surface area contributed by atoms with Gasteiger partial charge in [0.1, 0.15) is 17.1 Å². The highest BCUT2D eigenvalue weighted by molar-refractivity contribution is 5.85. The summed E-state index contributed by atoms with van der Waals surface area (Å²) in [7, 11) is 3.30. The lowest BCUT2D eigenvalue weighted by Crippen LogP contribution is -2.46. The van der Waals surface area contributed by atoms with Gasteiger partial charge in [-0.2, -0.15) is 0 Å². The standard InChI is InChI=1S/C24H33NO4.ClH/c1-15-16(2)23-19(17(3)22(15)26)9-11-24(4,29-23)14-25-12-10-18-7-8-20(27-5)21(13-18)28-6;/h7-8,13,25-26H,9-12,14H2,1-6H3;1H. The molecule has 0 spiro atoms. The van der Waals surface area contributed by atoms with Crippen LogP contribution >= 0.6 is 12.4 Å². The normalized spacial score (nSPS) is 17.5. The van der Waals surface area contributed by atoms with E-state index < -0.39 is 0 Å². The molecule has 1 aliphatic heterocycles.